The lowest BCUT2D eigenvalue weighted by Gasteiger charge is -2.02. The summed E-state index contributed by atoms with van der Waals surface area (Å²) in [5.74, 6) is 2.60. The molecule has 3 aromatic rings. The average molecular weight is 397 g/mol. The maximum Gasteiger partial charge on any atom is 0.322 e. The molecule has 1 amide bonds. The molecule has 0 atom stereocenters. The monoisotopic (exact) mass is 397 g/mol. The van der Waals surface area contributed by atoms with E-state index in [9.17, 15) is 4.79 Å². The molecule has 8 heteroatoms. The first-order chi connectivity index (χ1) is 13.8. The molecule has 1 aliphatic rings. The summed E-state index contributed by atoms with van der Waals surface area (Å²) in [6, 6.07) is 15.9. The van der Waals surface area contributed by atoms with Crippen molar-refractivity contribution in [1.82, 2.24) is 10.2 Å². The Morgan fingerprint density at radius 2 is 1.93 bits per heavy atom. The van der Waals surface area contributed by atoms with Gasteiger partial charge in [-0.2, -0.15) is 0 Å². The van der Waals surface area contributed by atoms with Crippen molar-refractivity contribution in [3.63, 3.8) is 0 Å². The second kappa shape index (κ2) is 8.79. The molecule has 1 N–H and O–H groups in total. The molecule has 0 bridgehead atoms. The third-order valence-corrected chi connectivity index (χ3v) is 5.16. The molecule has 144 valence electrons. The number of nitrogens with one attached hydrogen (secondary N) is 1. The first kappa shape index (κ1) is 18.4. The van der Waals surface area contributed by atoms with Crippen molar-refractivity contribution in [3.8, 4) is 11.5 Å². The first-order valence-electron chi connectivity index (χ1n) is 8.95. The number of hydrogen-bond acceptors (Lipinski definition) is 7. The van der Waals surface area contributed by atoms with Gasteiger partial charge >= 0.3 is 6.01 Å². The fourth-order valence-electron chi connectivity index (χ4n) is 2.72. The molecule has 0 saturated heterocycles. The molecular weight excluding hydrogens is 378 g/mol. The van der Waals surface area contributed by atoms with E-state index >= 15 is 0 Å². The summed E-state index contributed by atoms with van der Waals surface area (Å²) < 4.78 is 16.2. The van der Waals surface area contributed by atoms with Crippen molar-refractivity contribution in [2.45, 2.75) is 24.2 Å². The van der Waals surface area contributed by atoms with Gasteiger partial charge in [0.05, 0.1) is 6.42 Å². The van der Waals surface area contributed by atoms with Crippen LogP contribution in [0.25, 0.3) is 0 Å². The van der Waals surface area contributed by atoms with E-state index in [4.69, 9.17) is 13.9 Å². The Morgan fingerprint density at radius 3 is 2.82 bits per heavy atom. The Bertz CT molecular complexity index is 946. The van der Waals surface area contributed by atoms with Gasteiger partial charge in [0.2, 0.25) is 18.6 Å². The van der Waals surface area contributed by atoms with Crippen LogP contribution in [0.15, 0.2) is 57.8 Å². The summed E-state index contributed by atoms with van der Waals surface area (Å²) in [6.45, 7) is 0.235. The third-order valence-electron chi connectivity index (χ3n) is 4.07. The smallest absolute Gasteiger partial charge is 0.322 e. The van der Waals surface area contributed by atoms with Crippen LogP contribution in [0.3, 0.4) is 0 Å². The molecule has 0 radical (unpaired) electrons. The summed E-state index contributed by atoms with van der Waals surface area (Å²) in [4.78, 5) is 13.2. The van der Waals surface area contributed by atoms with Gasteiger partial charge in [-0.05, 0) is 42.0 Å². The van der Waals surface area contributed by atoms with E-state index in [0.29, 0.717) is 24.5 Å². The van der Waals surface area contributed by atoms with E-state index in [2.05, 4.69) is 27.6 Å². The second-order valence-electron chi connectivity index (χ2n) is 6.18. The minimum Gasteiger partial charge on any atom is -0.454 e. The standard InChI is InChI=1S/C20H19N3O4S/c24-18(7-4-10-28-15-5-2-1-3-6-15)21-20-23-22-19(27-20)12-14-8-9-16-17(11-14)26-13-25-16/h1-3,5-6,8-9,11H,4,7,10,12-13H2,(H,21,23,24). The lowest BCUT2D eigenvalue weighted by Crippen LogP contribution is -2.11. The maximum absolute atomic E-state index is 12.0. The van der Waals surface area contributed by atoms with E-state index in [1.165, 1.54) is 4.90 Å². The van der Waals surface area contributed by atoms with Crippen LogP contribution in [0.4, 0.5) is 6.01 Å². The third kappa shape index (κ3) is 4.83. The number of carbonyl (C=O) groups excluding carboxylic acids is 1. The van der Waals surface area contributed by atoms with Gasteiger partial charge in [0, 0.05) is 11.3 Å². The number of amides is 1. The van der Waals surface area contributed by atoms with E-state index in [0.717, 1.165) is 23.5 Å². The van der Waals surface area contributed by atoms with Gasteiger partial charge in [-0.3, -0.25) is 10.1 Å². The fourth-order valence-corrected chi connectivity index (χ4v) is 3.60. The molecule has 0 spiro atoms. The molecule has 4 rings (SSSR count). The zero-order valence-corrected chi connectivity index (χ0v) is 15.9. The van der Waals surface area contributed by atoms with Gasteiger partial charge in [0.15, 0.2) is 11.5 Å². The van der Waals surface area contributed by atoms with Crippen LogP contribution in [-0.4, -0.2) is 28.7 Å². The minimum absolute atomic E-state index is 0.122. The molecule has 0 unspecified atom stereocenters. The van der Waals surface area contributed by atoms with Crippen LogP contribution >= 0.6 is 11.8 Å². The Morgan fingerprint density at radius 1 is 1.07 bits per heavy atom. The summed E-state index contributed by atoms with van der Waals surface area (Å²) in [6.07, 6.45) is 1.62. The Labute approximate surface area is 166 Å². The number of fused-ring (bicyclic) bond motifs is 1. The predicted octanol–water partition coefficient (Wildman–Crippen LogP) is 3.90. The summed E-state index contributed by atoms with van der Waals surface area (Å²) >= 11 is 1.73. The number of nitrogens with zero attached hydrogens (tertiary/aromatic N) is 2. The highest BCUT2D eigenvalue weighted by molar-refractivity contribution is 7.99. The van der Waals surface area contributed by atoms with Crippen LogP contribution in [0.5, 0.6) is 11.5 Å². The van der Waals surface area contributed by atoms with E-state index in [1.807, 2.05) is 36.4 Å². The number of aromatic nitrogens is 2. The maximum atomic E-state index is 12.0. The number of carbonyl (C=O) groups is 1. The SMILES string of the molecule is O=C(CCCSc1ccccc1)Nc1nnc(Cc2ccc3c(c2)OCO3)o1. The molecule has 0 saturated carbocycles. The van der Waals surface area contributed by atoms with E-state index in [1.54, 1.807) is 11.8 Å². The van der Waals surface area contributed by atoms with Gasteiger partial charge < -0.3 is 13.9 Å². The molecule has 2 aromatic carbocycles. The average Bonchev–Trinajstić information content (AvgIpc) is 3.35. The molecule has 0 fully saturated rings. The van der Waals surface area contributed by atoms with Gasteiger partial charge in [0.1, 0.15) is 0 Å². The van der Waals surface area contributed by atoms with Crippen molar-refractivity contribution in [2.75, 3.05) is 17.9 Å². The van der Waals surface area contributed by atoms with Gasteiger partial charge in [-0.15, -0.1) is 16.9 Å². The molecule has 1 aliphatic heterocycles. The normalized spacial score (nSPS) is 12.1. The topological polar surface area (TPSA) is 86.5 Å². The summed E-state index contributed by atoms with van der Waals surface area (Å²) in [7, 11) is 0. The predicted molar refractivity (Wildman–Crippen MR) is 105 cm³/mol. The second-order valence-corrected chi connectivity index (χ2v) is 7.35. The fraction of sp³-hybridized carbons (Fsp3) is 0.250. The highest BCUT2D eigenvalue weighted by Gasteiger charge is 2.15. The minimum atomic E-state index is -0.132. The highest BCUT2D eigenvalue weighted by Crippen LogP contribution is 2.33. The van der Waals surface area contributed by atoms with Crippen LogP contribution in [0.1, 0.15) is 24.3 Å². The summed E-state index contributed by atoms with van der Waals surface area (Å²) in [5, 5.41) is 10.5. The largest absolute Gasteiger partial charge is 0.454 e. The zero-order valence-electron chi connectivity index (χ0n) is 15.1. The molecular formula is C20H19N3O4S. The molecule has 2 heterocycles. The number of hydrogen-bond donors (Lipinski definition) is 1. The Balaban J connectivity index is 1.22. The molecule has 1 aromatic heterocycles. The summed E-state index contributed by atoms with van der Waals surface area (Å²) in [5.41, 5.74) is 0.962. The van der Waals surface area contributed by atoms with Crippen molar-refractivity contribution >= 4 is 23.7 Å². The van der Waals surface area contributed by atoms with Gasteiger partial charge in [-0.1, -0.05) is 29.4 Å². The van der Waals surface area contributed by atoms with Crippen molar-refractivity contribution < 1.29 is 18.7 Å². The Hall–Kier alpha value is -3.00. The first-order valence-corrected chi connectivity index (χ1v) is 9.93. The van der Waals surface area contributed by atoms with Crippen molar-refractivity contribution in [3.05, 3.63) is 60.0 Å². The highest BCUT2D eigenvalue weighted by atomic mass is 32.2. The van der Waals surface area contributed by atoms with E-state index in [-0.39, 0.29) is 18.7 Å². The van der Waals surface area contributed by atoms with Crippen molar-refractivity contribution in [2.24, 2.45) is 0 Å². The number of ether oxygens (including phenoxy) is 2. The van der Waals surface area contributed by atoms with Gasteiger partial charge in [-0.25, -0.2) is 0 Å². The number of benzene rings is 2. The van der Waals surface area contributed by atoms with Crippen LogP contribution in [0, 0.1) is 0 Å². The molecule has 0 aliphatic carbocycles. The lowest BCUT2D eigenvalue weighted by atomic mass is 10.1. The van der Waals surface area contributed by atoms with Crippen LogP contribution in [0.2, 0.25) is 0 Å². The quantitative estimate of drug-likeness (QED) is 0.456. The molecule has 7 nitrogen and oxygen atoms in total. The number of rotatable bonds is 8. The number of thioether (sulfide) groups is 1. The van der Waals surface area contributed by atoms with E-state index < -0.39 is 0 Å². The Kier molecular flexibility index (Phi) is 5.77. The van der Waals surface area contributed by atoms with Crippen LogP contribution in [-0.2, 0) is 11.2 Å². The lowest BCUT2D eigenvalue weighted by molar-refractivity contribution is -0.116. The molecule has 28 heavy (non-hydrogen) atoms. The zero-order chi connectivity index (χ0) is 19.2. The van der Waals surface area contributed by atoms with Crippen molar-refractivity contribution in [1.29, 1.82) is 0 Å². The van der Waals surface area contributed by atoms with Gasteiger partial charge in [0.25, 0.3) is 0 Å². The van der Waals surface area contributed by atoms with Crippen LogP contribution < -0.4 is 14.8 Å². The number of anilines is 1.